The molecule has 0 aromatic carbocycles. The molecule has 0 bridgehead atoms. The zero-order valence-corrected chi connectivity index (χ0v) is 6.95. The van der Waals surface area contributed by atoms with E-state index in [1.807, 2.05) is 0 Å². The summed E-state index contributed by atoms with van der Waals surface area (Å²) in [7, 11) is 0. The lowest BCUT2D eigenvalue weighted by atomic mass is 10.3. The van der Waals surface area contributed by atoms with Crippen LogP contribution in [0.15, 0.2) is 0 Å². The van der Waals surface area contributed by atoms with E-state index in [-0.39, 0.29) is 12.6 Å². The highest BCUT2D eigenvalue weighted by atomic mass is 35.5. The van der Waals surface area contributed by atoms with Crippen molar-refractivity contribution in [3.8, 4) is 0 Å². The first kappa shape index (κ1) is 9.12. The highest BCUT2D eigenvalue weighted by molar-refractivity contribution is 6.61. The number of carboxylic acid groups (broad SMARTS) is 1. The maximum absolute atomic E-state index is 10.4. The van der Waals surface area contributed by atoms with E-state index in [1.54, 1.807) is 0 Å². The van der Waals surface area contributed by atoms with Crippen molar-refractivity contribution in [2.45, 2.75) is 12.5 Å². The van der Waals surface area contributed by atoms with Gasteiger partial charge in [-0.05, 0) is 0 Å². The average Bonchev–Trinajstić information content (AvgIpc) is 2.34. The van der Waals surface area contributed by atoms with Gasteiger partial charge in [0, 0.05) is 24.6 Å². The first-order valence-corrected chi connectivity index (χ1v) is 3.81. The number of halogens is 1. The number of carbonyl (C=O) groups excluding carboxylic acids is 1. The molecule has 0 aliphatic carbocycles. The van der Waals surface area contributed by atoms with Gasteiger partial charge in [0.25, 0.3) is 0 Å². The van der Waals surface area contributed by atoms with Gasteiger partial charge in [0.15, 0.2) is 0 Å². The minimum absolute atomic E-state index is 0.216. The van der Waals surface area contributed by atoms with Crippen LogP contribution in [0.2, 0.25) is 0 Å². The van der Waals surface area contributed by atoms with Crippen molar-refractivity contribution in [2.24, 2.45) is 0 Å². The van der Waals surface area contributed by atoms with Crippen LogP contribution >= 0.6 is 11.6 Å². The molecule has 1 saturated heterocycles. The fourth-order valence-electron chi connectivity index (χ4n) is 1.13. The summed E-state index contributed by atoms with van der Waals surface area (Å²) < 4.78 is 4.61. The van der Waals surface area contributed by atoms with E-state index in [9.17, 15) is 9.59 Å². The molecule has 1 N–H and O–H groups in total. The van der Waals surface area contributed by atoms with Crippen LogP contribution in [0.5, 0.6) is 0 Å². The smallest absolute Gasteiger partial charge is 0.407 e. The molecule has 5 nitrogen and oxygen atoms in total. The highest BCUT2D eigenvalue weighted by Gasteiger charge is 2.27. The Labute approximate surface area is 73.9 Å². The Bertz CT molecular complexity index is 208. The van der Waals surface area contributed by atoms with E-state index in [4.69, 9.17) is 16.7 Å². The van der Waals surface area contributed by atoms with Crippen molar-refractivity contribution in [2.75, 3.05) is 13.1 Å². The fourth-order valence-corrected chi connectivity index (χ4v) is 1.26. The molecule has 0 radical (unpaired) electrons. The van der Waals surface area contributed by atoms with E-state index in [0.29, 0.717) is 13.0 Å². The van der Waals surface area contributed by atoms with E-state index in [2.05, 4.69) is 4.74 Å². The molecule has 0 saturated carbocycles. The molecule has 1 heterocycles. The van der Waals surface area contributed by atoms with E-state index < -0.39 is 11.5 Å². The molecule has 0 spiro atoms. The number of hydrogen-bond acceptors (Lipinski definition) is 3. The minimum atomic E-state index is -0.997. The van der Waals surface area contributed by atoms with Crippen LogP contribution in [0.1, 0.15) is 6.42 Å². The molecule has 1 rings (SSSR count). The molecule has 1 atom stereocenters. The number of nitrogens with zero attached hydrogens (tertiary/aromatic N) is 1. The summed E-state index contributed by atoms with van der Waals surface area (Å²) in [5, 5.41) is 8.52. The predicted octanol–water partition coefficient (Wildman–Crippen LogP) is 1.11. The third-order valence-corrected chi connectivity index (χ3v) is 1.76. The van der Waals surface area contributed by atoms with Crippen LogP contribution in [0.3, 0.4) is 0 Å². The van der Waals surface area contributed by atoms with Crippen LogP contribution in [-0.2, 0) is 4.74 Å². The summed E-state index contributed by atoms with van der Waals surface area (Å²) in [5.41, 5.74) is -0.882. The number of ether oxygens (including phenoxy) is 1. The Morgan fingerprint density at radius 2 is 2.25 bits per heavy atom. The van der Waals surface area contributed by atoms with Crippen molar-refractivity contribution in [1.82, 2.24) is 4.90 Å². The SMILES string of the molecule is O=C(Cl)OC1CCN(C(=O)O)C1. The molecule has 6 heteroatoms. The van der Waals surface area contributed by atoms with Crippen LogP contribution in [0.4, 0.5) is 9.59 Å². The number of carbonyl (C=O) groups is 2. The van der Waals surface area contributed by atoms with Gasteiger partial charge >= 0.3 is 11.5 Å². The lowest BCUT2D eigenvalue weighted by Gasteiger charge is -2.11. The largest absolute Gasteiger partial charge is 0.465 e. The average molecular weight is 194 g/mol. The number of hydrogen-bond donors (Lipinski definition) is 1. The fraction of sp³-hybridized carbons (Fsp3) is 0.667. The minimum Gasteiger partial charge on any atom is -0.465 e. The second kappa shape index (κ2) is 3.62. The monoisotopic (exact) mass is 193 g/mol. The number of amides is 1. The van der Waals surface area contributed by atoms with Gasteiger partial charge < -0.3 is 14.7 Å². The van der Waals surface area contributed by atoms with E-state index in [0.717, 1.165) is 0 Å². The molecule has 1 amide bonds. The summed E-state index contributed by atoms with van der Waals surface area (Å²) in [5.74, 6) is 0. The van der Waals surface area contributed by atoms with Crippen molar-refractivity contribution >= 4 is 23.1 Å². The first-order valence-electron chi connectivity index (χ1n) is 3.43. The van der Waals surface area contributed by atoms with E-state index >= 15 is 0 Å². The molecule has 12 heavy (non-hydrogen) atoms. The van der Waals surface area contributed by atoms with Gasteiger partial charge in [0.2, 0.25) is 0 Å². The third kappa shape index (κ3) is 2.27. The summed E-state index contributed by atoms with van der Waals surface area (Å²) in [6.45, 7) is 0.609. The van der Waals surface area contributed by atoms with Crippen molar-refractivity contribution in [3.05, 3.63) is 0 Å². The van der Waals surface area contributed by atoms with Gasteiger partial charge in [0.1, 0.15) is 6.10 Å². The van der Waals surface area contributed by atoms with Crippen molar-refractivity contribution < 1.29 is 19.4 Å². The number of likely N-dealkylation sites (tertiary alicyclic amines) is 1. The predicted molar refractivity (Wildman–Crippen MR) is 40.3 cm³/mol. The topological polar surface area (TPSA) is 66.8 Å². The molecular formula is C6H8ClNO4. The molecule has 1 aliphatic rings. The van der Waals surface area contributed by atoms with Gasteiger partial charge in [-0.3, -0.25) is 0 Å². The van der Waals surface area contributed by atoms with E-state index in [1.165, 1.54) is 4.90 Å². The number of rotatable bonds is 1. The first-order chi connectivity index (χ1) is 5.59. The molecule has 1 fully saturated rings. The van der Waals surface area contributed by atoms with Gasteiger partial charge in [-0.2, -0.15) is 0 Å². The Morgan fingerprint density at radius 1 is 1.58 bits per heavy atom. The maximum Gasteiger partial charge on any atom is 0.407 e. The van der Waals surface area contributed by atoms with Crippen molar-refractivity contribution in [3.63, 3.8) is 0 Å². The Hall–Kier alpha value is -0.970. The van der Waals surface area contributed by atoms with Crippen LogP contribution < -0.4 is 0 Å². The van der Waals surface area contributed by atoms with Crippen LogP contribution in [0, 0.1) is 0 Å². The zero-order valence-electron chi connectivity index (χ0n) is 6.20. The summed E-state index contributed by atoms with van der Waals surface area (Å²) in [4.78, 5) is 21.8. The lowest BCUT2D eigenvalue weighted by Crippen LogP contribution is -2.28. The quantitative estimate of drug-likeness (QED) is 0.634. The molecule has 1 unspecified atom stereocenters. The molecule has 1 aliphatic heterocycles. The standard InChI is InChI=1S/C6H8ClNO4/c7-5(9)12-4-1-2-8(3-4)6(10)11/h4H,1-3H2,(H,10,11). The molecule has 0 aromatic heterocycles. The molecule has 0 aromatic rings. The second-order valence-corrected chi connectivity index (χ2v) is 2.80. The Morgan fingerprint density at radius 3 is 2.67 bits per heavy atom. The molecule has 68 valence electrons. The zero-order chi connectivity index (χ0) is 9.14. The van der Waals surface area contributed by atoms with Gasteiger partial charge in [-0.25, -0.2) is 9.59 Å². The summed E-state index contributed by atoms with van der Waals surface area (Å²) >= 11 is 4.96. The third-order valence-electron chi connectivity index (χ3n) is 1.67. The van der Waals surface area contributed by atoms with Crippen LogP contribution in [0.25, 0.3) is 0 Å². The van der Waals surface area contributed by atoms with Crippen molar-refractivity contribution in [1.29, 1.82) is 0 Å². The summed E-state index contributed by atoms with van der Waals surface area (Å²) in [6, 6.07) is 0. The Kier molecular flexibility index (Phi) is 2.75. The van der Waals surface area contributed by atoms with Crippen LogP contribution in [-0.4, -0.2) is 40.7 Å². The second-order valence-electron chi connectivity index (χ2n) is 2.49. The maximum atomic E-state index is 10.4. The van der Waals surface area contributed by atoms with Gasteiger partial charge in [-0.15, -0.1) is 0 Å². The molecular weight excluding hydrogens is 186 g/mol. The highest BCUT2D eigenvalue weighted by Crippen LogP contribution is 2.13. The van der Waals surface area contributed by atoms with Gasteiger partial charge in [-0.1, -0.05) is 0 Å². The Balaban J connectivity index is 2.35. The summed E-state index contributed by atoms with van der Waals surface area (Å²) in [6.07, 6.45) is -0.862. The normalized spacial score (nSPS) is 22.4. The van der Waals surface area contributed by atoms with Gasteiger partial charge in [0.05, 0.1) is 6.54 Å². The lowest BCUT2D eigenvalue weighted by molar-refractivity contribution is 0.117.